The molecular formula is C40H40FeP2-6. The molecule has 0 aliphatic rings. The molecule has 0 radical (unpaired) electrons. The molecule has 0 N–H and O–H groups in total. The van der Waals surface area contributed by atoms with Crippen LogP contribution in [0.5, 0.6) is 0 Å². The van der Waals surface area contributed by atoms with E-state index >= 15 is 0 Å². The van der Waals surface area contributed by atoms with Crippen molar-refractivity contribution >= 4 is 37.1 Å². The van der Waals surface area contributed by atoms with Crippen molar-refractivity contribution in [2.24, 2.45) is 0 Å². The molecule has 0 aromatic heterocycles. The molecule has 43 heavy (non-hydrogen) atoms. The first-order valence-electron chi connectivity index (χ1n) is 15.0. The first-order valence-corrected chi connectivity index (χ1v) is 17.8. The van der Waals surface area contributed by atoms with Crippen molar-refractivity contribution in [3.8, 4) is 0 Å². The van der Waals surface area contributed by atoms with Gasteiger partial charge in [0.25, 0.3) is 0 Å². The summed E-state index contributed by atoms with van der Waals surface area (Å²) in [6.07, 6.45) is 2.33. The summed E-state index contributed by atoms with van der Waals surface area (Å²) in [5.41, 5.74) is 4.10. The largest absolute Gasteiger partial charge is 0.748 e. The fourth-order valence-electron chi connectivity index (χ4n) is 5.73. The molecule has 0 spiro atoms. The number of benzene rings is 4. The van der Waals surface area contributed by atoms with Crippen LogP contribution in [0.2, 0.25) is 0 Å². The van der Waals surface area contributed by atoms with Crippen molar-refractivity contribution in [2.45, 2.75) is 38.0 Å². The zero-order valence-corrected chi connectivity index (χ0v) is 27.9. The normalized spacial score (nSPS) is 12.2. The maximum absolute atomic E-state index is 2.30. The minimum atomic E-state index is -0.365. The Labute approximate surface area is 271 Å². The van der Waals surface area contributed by atoms with E-state index in [-0.39, 0.29) is 32.9 Å². The van der Waals surface area contributed by atoms with Gasteiger partial charge in [-0.2, -0.15) is 17.8 Å². The summed E-state index contributed by atoms with van der Waals surface area (Å²) in [4.78, 5) is 0. The second-order valence-electron chi connectivity index (χ2n) is 10.4. The van der Waals surface area contributed by atoms with Gasteiger partial charge in [0.05, 0.1) is 0 Å². The molecule has 0 saturated carbocycles. The van der Waals surface area contributed by atoms with Gasteiger partial charge >= 0.3 is 0 Å². The van der Waals surface area contributed by atoms with Crippen LogP contribution in [0.3, 0.4) is 0 Å². The van der Waals surface area contributed by atoms with E-state index in [1.165, 1.54) is 45.2 Å². The Morgan fingerprint density at radius 3 is 1.14 bits per heavy atom. The van der Waals surface area contributed by atoms with Gasteiger partial charge in [-0.15, -0.1) is 5.56 Å². The van der Waals surface area contributed by atoms with Crippen molar-refractivity contribution in [3.05, 3.63) is 181 Å². The van der Waals surface area contributed by atoms with Gasteiger partial charge in [0.2, 0.25) is 0 Å². The van der Waals surface area contributed by atoms with E-state index in [4.69, 9.17) is 0 Å². The maximum Gasteiger partial charge on any atom is 0 e. The van der Waals surface area contributed by atoms with E-state index in [2.05, 4.69) is 184 Å². The predicted octanol–water partition coefficient (Wildman–Crippen LogP) is 9.98. The fraction of sp³-hybridized carbons (Fsp3) is 0.150. The zero-order valence-electron chi connectivity index (χ0n) is 25.0. The van der Waals surface area contributed by atoms with Crippen molar-refractivity contribution in [3.63, 3.8) is 0 Å². The molecule has 3 heteroatoms. The van der Waals surface area contributed by atoms with E-state index < -0.39 is 0 Å². The van der Waals surface area contributed by atoms with Crippen LogP contribution < -0.4 is 21.2 Å². The third-order valence-electron chi connectivity index (χ3n) is 7.68. The van der Waals surface area contributed by atoms with E-state index in [9.17, 15) is 0 Å². The van der Waals surface area contributed by atoms with Crippen LogP contribution in [0.4, 0.5) is 0 Å². The van der Waals surface area contributed by atoms with E-state index in [1.807, 2.05) is 0 Å². The average molecular weight is 639 g/mol. The van der Waals surface area contributed by atoms with Crippen LogP contribution in [-0.4, -0.2) is 0 Å². The van der Waals surface area contributed by atoms with Crippen LogP contribution in [0.1, 0.15) is 49.1 Å². The molecule has 0 heterocycles. The van der Waals surface area contributed by atoms with Gasteiger partial charge in [-0.3, -0.25) is 0 Å². The molecule has 6 aromatic rings. The molecule has 0 fully saturated rings. The Bertz CT molecular complexity index is 1330. The summed E-state index contributed by atoms with van der Waals surface area (Å²) in [7, 11) is -0.730. The molecule has 2 unspecified atom stereocenters. The van der Waals surface area contributed by atoms with Crippen LogP contribution in [0.25, 0.3) is 0 Å². The van der Waals surface area contributed by atoms with Crippen LogP contribution in [0, 0.1) is 0 Å². The third-order valence-corrected chi connectivity index (χ3v) is 13.7. The van der Waals surface area contributed by atoms with Gasteiger partial charge in [-0.05, 0) is 34.8 Å². The summed E-state index contributed by atoms with van der Waals surface area (Å²) in [6.45, 7) is 4.61. The molecule has 0 amide bonds. The molecule has 6 rings (SSSR count). The summed E-state index contributed by atoms with van der Waals surface area (Å²) in [6, 6.07) is 61.6. The molecular weight excluding hydrogens is 598 g/mol. The van der Waals surface area contributed by atoms with Gasteiger partial charge in [0.1, 0.15) is 0 Å². The van der Waals surface area contributed by atoms with E-state index in [1.54, 1.807) is 0 Å². The van der Waals surface area contributed by atoms with Gasteiger partial charge in [-0.1, -0.05) is 156 Å². The summed E-state index contributed by atoms with van der Waals surface area (Å²) < 4.78 is 0. The Kier molecular flexibility index (Phi) is 13.2. The second-order valence-corrected chi connectivity index (χ2v) is 15.2. The van der Waals surface area contributed by atoms with Crippen LogP contribution in [0.15, 0.2) is 170 Å². The van der Waals surface area contributed by atoms with Crippen LogP contribution >= 0.6 is 15.8 Å². The smallest absolute Gasteiger partial charge is 0 e. The number of rotatable bonds is 10. The summed E-state index contributed by atoms with van der Waals surface area (Å²) in [5, 5.41) is 5.86. The average Bonchev–Trinajstić information content (AvgIpc) is 3.80. The van der Waals surface area contributed by atoms with Crippen molar-refractivity contribution in [2.75, 3.05) is 0 Å². The standard InChI is InChI=1S/2C20H20P.Fe/c2*1-2-20(17-11-9-10-12-17)21(18-13-5-3-6-14-18)19-15-7-4-8-16-19;/h2*3-16,20H,2H2,1H3;/q-5;-1;. The van der Waals surface area contributed by atoms with Crippen molar-refractivity contribution < 1.29 is 17.1 Å². The first kappa shape index (κ1) is 32.9. The monoisotopic (exact) mass is 638 g/mol. The first-order chi connectivity index (χ1) is 20.8. The third kappa shape index (κ3) is 8.54. The minimum Gasteiger partial charge on any atom is -0.748 e. The van der Waals surface area contributed by atoms with E-state index in [0.717, 1.165) is 0 Å². The Morgan fingerprint density at radius 1 is 0.488 bits per heavy atom. The Morgan fingerprint density at radius 2 is 0.814 bits per heavy atom. The molecule has 0 aliphatic carbocycles. The van der Waals surface area contributed by atoms with Gasteiger partial charge < -0.3 is 29.8 Å². The Balaban J connectivity index is 0.000000192. The molecule has 224 valence electrons. The molecule has 0 bridgehead atoms. The van der Waals surface area contributed by atoms with Gasteiger partial charge in [0.15, 0.2) is 0 Å². The topological polar surface area (TPSA) is 0 Å². The van der Waals surface area contributed by atoms with Crippen molar-refractivity contribution in [1.29, 1.82) is 0 Å². The van der Waals surface area contributed by atoms with Crippen LogP contribution in [-0.2, 0) is 17.1 Å². The number of hydrogen-bond donors (Lipinski definition) is 0. The van der Waals surface area contributed by atoms with Gasteiger partial charge in [0, 0.05) is 17.1 Å². The number of hydrogen-bond acceptors (Lipinski definition) is 0. The summed E-state index contributed by atoms with van der Waals surface area (Å²) in [5.74, 6) is 0. The molecule has 0 saturated heterocycles. The fourth-order valence-corrected chi connectivity index (χ4v) is 11.4. The maximum atomic E-state index is 2.30. The zero-order chi connectivity index (χ0) is 29.0. The SMILES string of the molecule is CCC([c-]1[cH-][cH-][cH-][cH-]1)P(c1ccccc1)c1ccccc1.CCC([c-]1cccc1)P(c1ccccc1)c1ccccc1.[Fe]. The van der Waals surface area contributed by atoms with E-state index in [0.29, 0.717) is 11.3 Å². The minimum absolute atomic E-state index is 0. The molecule has 2 atom stereocenters. The quantitative estimate of drug-likeness (QED) is 0.0796. The molecule has 0 nitrogen and oxygen atoms in total. The molecule has 0 aliphatic heterocycles. The second kappa shape index (κ2) is 17.3. The van der Waals surface area contributed by atoms with Crippen molar-refractivity contribution in [1.82, 2.24) is 0 Å². The Hall–Kier alpha value is -3.04. The predicted molar refractivity (Wildman–Crippen MR) is 188 cm³/mol. The van der Waals surface area contributed by atoms with Gasteiger partial charge in [-0.25, -0.2) is 12.1 Å². The molecule has 6 aromatic carbocycles. The summed E-state index contributed by atoms with van der Waals surface area (Å²) >= 11 is 0.